The molecule has 1 rings (SSSR count). The molecule has 0 saturated carbocycles. The van der Waals surface area contributed by atoms with E-state index in [1.165, 1.54) is 0 Å². The van der Waals surface area contributed by atoms with Gasteiger partial charge in [0.25, 0.3) is 0 Å². The largest absolute Gasteiger partial charge is 0.443 e. The second kappa shape index (κ2) is 4.82. The van der Waals surface area contributed by atoms with Crippen LogP contribution in [0.2, 0.25) is 0 Å². The molecule has 0 aliphatic carbocycles. The number of nitrogens with zero attached hydrogens (tertiary/aromatic N) is 1. The normalized spacial score (nSPS) is 17.2. The molecule has 4 heteroatoms. The van der Waals surface area contributed by atoms with E-state index in [0.29, 0.717) is 6.54 Å². The highest BCUT2D eigenvalue weighted by Gasteiger charge is 2.28. The van der Waals surface area contributed by atoms with Gasteiger partial charge >= 0.3 is 6.09 Å². The van der Waals surface area contributed by atoms with E-state index >= 15 is 0 Å². The van der Waals surface area contributed by atoms with Crippen molar-refractivity contribution in [2.75, 3.05) is 13.6 Å². The second-order valence-electron chi connectivity index (χ2n) is 5.18. The average molecular weight is 238 g/mol. The molecule has 0 saturated heterocycles. The van der Waals surface area contributed by atoms with E-state index < -0.39 is 5.60 Å². The summed E-state index contributed by atoms with van der Waals surface area (Å²) in [6.07, 6.45) is 0.484. The number of carbonyl (C=O) groups excluding carboxylic acids is 1. The smallest absolute Gasteiger partial charge is 0.414 e. The highest BCUT2D eigenvalue weighted by molar-refractivity contribution is 5.72. The highest BCUT2D eigenvalue weighted by atomic mass is 16.6. The summed E-state index contributed by atoms with van der Waals surface area (Å²) >= 11 is 0. The Labute approximate surface area is 103 Å². The fourth-order valence-corrected chi connectivity index (χ4v) is 1.75. The first-order chi connectivity index (χ1) is 7.76. The predicted octanol–water partition coefficient (Wildman–Crippen LogP) is 2.63. The van der Waals surface area contributed by atoms with E-state index in [2.05, 4.69) is 11.9 Å². The third kappa shape index (κ3) is 3.25. The molecule has 0 aromatic heterocycles. The quantitative estimate of drug-likeness (QED) is 0.763. The van der Waals surface area contributed by atoms with E-state index in [1.807, 2.05) is 34.7 Å². The van der Waals surface area contributed by atoms with Crippen LogP contribution in [-0.4, -0.2) is 30.2 Å². The van der Waals surface area contributed by atoms with Crippen molar-refractivity contribution >= 4 is 6.09 Å². The molecule has 0 bridgehead atoms. The summed E-state index contributed by atoms with van der Waals surface area (Å²) in [6.45, 7) is 12.1. The van der Waals surface area contributed by atoms with E-state index in [9.17, 15) is 4.79 Å². The Bertz CT molecular complexity index is 364. The van der Waals surface area contributed by atoms with E-state index in [1.54, 1.807) is 4.90 Å². The maximum absolute atomic E-state index is 12.0. The zero-order valence-corrected chi connectivity index (χ0v) is 11.4. The Morgan fingerprint density at radius 3 is 2.53 bits per heavy atom. The van der Waals surface area contributed by atoms with Crippen molar-refractivity contribution in [3.63, 3.8) is 0 Å². The SMILES string of the molecule is C=C1C(C)=C(NC)CCN1C(=O)OC(C)(C)C. The summed E-state index contributed by atoms with van der Waals surface area (Å²) in [5, 5.41) is 3.13. The minimum Gasteiger partial charge on any atom is -0.443 e. The molecule has 0 spiro atoms. The molecule has 1 N–H and O–H groups in total. The van der Waals surface area contributed by atoms with Gasteiger partial charge in [0.05, 0.1) is 0 Å². The molecule has 17 heavy (non-hydrogen) atoms. The van der Waals surface area contributed by atoms with Gasteiger partial charge in [-0.3, -0.25) is 4.90 Å². The first kappa shape index (κ1) is 13.6. The molecule has 0 radical (unpaired) electrons. The van der Waals surface area contributed by atoms with Crippen molar-refractivity contribution in [2.45, 2.75) is 39.7 Å². The molecule has 1 aliphatic rings. The van der Waals surface area contributed by atoms with Crippen molar-refractivity contribution in [2.24, 2.45) is 0 Å². The fraction of sp³-hybridized carbons (Fsp3) is 0.615. The maximum atomic E-state index is 12.0. The number of hydrogen-bond donors (Lipinski definition) is 1. The molecule has 0 aromatic rings. The zero-order chi connectivity index (χ0) is 13.2. The number of rotatable bonds is 1. The summed E-state index contributed by atoms with van der Waals surface area (Å²) in [6, 6.07) is 0. The molecule has 0 atom stereocenters. The number of nitrogens with one attached hydrogen (secondary N) is 1. The third-order valence-corrected chi connectivity index (χ3v) is 2.71. The minimum atomic E-state index is -0.474. The van der Waals surface area contributed by atoms with Crippen LogP contribution in [0.5, 0.6) is 0 Å². The van der Waals surface area contributed by atoms with Crippen LogP contribution >= 0.6 is 0 Å². The van der Waals surface area contributed by atoms with Gasteiger partial charge in [0, 0.05) is 31.4 Å². The van der Waals surface area contributed by atoms with Gasteiger partial charge in [-0.05, 0) is 33.3 Å². The van der Waals surface area contributed by atoms with Crippen molar-refractivity contribution in [1.29, 1.82) is 0 Å². The first-order valence-electron chi connectivity index (χ1n) is 5.83. The lowest BCUT2D eigenvalue weighted by Gasteiger charge is -2.33. The topological polar surface area (TPSA) is 41.6 Å². The molecule has 1 amide bonds. The van der Waals surface area contributed by atoms with Gasteiger partial charge < -0.3 is 10.1 Å². The van der Waals surface area contributed by atoms with Gasteiger partial charge in [-0.2, -0.15) is 0 Å². The fourth-order valence-electron chi connectivity index (χ4n) is 1.75. The number of ether oxygens (including phenoxy) is 1. The van der Waals surface area contributed by atoms with E-state index in [-0.39, 0.29) is 6.09 Å². The van der Waals surface area contributed by atoms with Crippen LogP contribution in [-0.2, 0) is 4.74 Å². The van der Waals surface area contributed by atoms with Crippen LogP contribution in [0.4, 0.5) is 4.79 Å². The van der Waals surface area contributed by atoms with Crippen LogP contribution in [0.25, 0.3) is 0 Å². The van der Waals surface area contributed by atoms with Crippen LogP contribution in [0.1, 0.15) is 34.1 Å². The molecule has 1 heterocycles. The molecule has 0 fully saturated rings. The van der Waals surface area contributed by atoms with Crippen molar-refractivity contribution in [1.82, 2.24) is 10.2 Å². The molecule has 0 unspecified atom stereocenters. The van der Waals surface area contributed by atoms with Gasteiger partial charge in [-0.25, -0.2) is 4.79 Å². The summed E-state index contributed by atoms with van der Waals surface area (Å²) in [7, 11) is 1.88. The van der Waals surface area contributed by atoms with Crippen molar-refractivity contribution in [3.8, 4) is 0 Å². The predicted molar refractivity (Wildman–Crippen MR) is 68.5 cm³/mol. The number of allylic oxidation sites excluding steroid dienone is 1. The highest BCUT2D eigenvalue weighted by Crippen LogP contribution is 2.25. The second-order valence-corrected chi connectivity index (χ2v) is 5.18. The Hall–Kier alpha value is -1.45. The molecule has 0 aromatic carbocycles. The Kier molecular flexibility index (Phi) is 3.86. The average Bonchev–Trinajstić information content (AvgIpc) is 2.19. The summed E-state index contributed by atoms with van der Waals surface area (Å²) in [5.41, 5.74) is 2.40. The standard InChI is InChI=1S/C13H22N2O2/c1-9-10(2)15(8-7-11(9)14-6)12(16)17-13(3,4)5/h14H,2,7-8H2,1,3-6H3. The number of carbonyl (C=O) groups is 1. The molecular weight excluding hydrogens is 216 g/mol. The lowest BCUT2D eigenvalue weighted by Crippen LogP contribution is -2.40. The summed E-state index contributed by atoms with van der Waals surface area (Å²) in [5.74, 6) is 0. The summed E-state index contributed by atoms with van der Waals surface area (Å²) < 4.78 is 5.35. The van der Waals surface area contributed by atoms with Gasteiger partial charge in [0.15, 0.2) is 0 Å². The maximum Gasteiger partial charge on any atom is 0.414 e. The van der Waals surface area contributed by atoms with E-state index in [4.69, 9.17) is 4.74 Å². The summed E-state index contributed by atoms with van der Waals surface area (Å²) in [4.78, 5) is 13.6. The van der Waals surface area contributed by atoms with Crippen LogP contribution in [0, 0.1) is 0 Å². The van der Waals surface area contributed by atoms with Crippen LogP contribution < -0.4 is 5.32 Å². The third-order valence-electron chi connectivity index (χ3n) is 2.71. The minimum absolute atomic E-state index is 0.322. The van der Waals surface area contributed by atoms with Gasteiger partial charge in [-0.15, -0.1) is 0 Å². The monoisotopic (exact) mass is 238 g/mol. The van der Waals surface area contributed by atoms with Crippen LogP contribution in [0.3, 0.4) is 0 Å². The lowest BCUT2D eigenvalue weighted by atomic mass is 10.0. The number of amides is 1. The molecule has 4 nitrogen and oxygen atoms in total. The number of hydrogen-bond acceptors (Lipinski definition) is 3. The van der Waals surface area contributed by atoms with Crippen molar-refractivity contribution < 1.29 is 9.53 Å². The Morgan fingerprint density at radius 1 is 1.47 bits per heavy atom. The zero-order valence-electron chi connectivity index (χ0n) is 11.4. The Balaban J connectivity index is 2.80. The van der Waals surface area contributed by atoms with Crippen molar-refractivity contribution in [3.05, 3.63) is 23.5 Å². The van der Waals surface area contributed by atoms with Gasteiger partial charge in [0.1, 0.15) is 5.60 Å². The first-order valence-corrected chi connectivity index (χ1v) is 5.83. The lowest BCUT2D eigenvalue weighted by molar-refractivity contribution is 0.0313. The van der Waals surface area contributed by atoms with E-state index in [0.717, 1.165) is 23.4 Å². The van der Waals surface area contributed by atoms with Gasteiger partial charge in [-0.1, -0.05) is 6.58 Å². The molecular formula is C13H22N2O2. The Morgan fingerprint density at radius 2 is 2.06 bits per heavy atom. The van der Waals surface area contributed by atoms with Crippen LogP contribution in [0.15, 0.2) is 23.5 Å². The van der Waals surface area contributed by atoms with Gasteiger partial charge in [0.2, 0.25) is 0 Å². The molecule has 96 valence electrons. The molecule has 1 aliphatic heterocycles.